The molecule has 1 aliphatic heterocycles. The molecule has 6 nitrogen and oxygen atoms in total. The maximum Gasteiger partial charge on any atom is 0.257 e. The standard InChI is InChI=1S/C18H21N3O3/c1-23-18(13-24-16-6-3-2-4-7-16)8-5-9-21(12-18)17(22)15-10-19-14-20-11-15/h2-4,6-7,10-11,14H,5,8-9,12-13H2,1H3. The molecular formula is C18H21N3O3. The molecule has 1 aromatic heterocycles. The minimum Gasteiger partial charge on any atom is -0.491 e. The Morgan fingerprint density at radius 1 is 1.25 bits per heavy atom. The Kier molecular flexibility index (Phi) is 5.05. The van der Waals surface area contributed by atoms with Crippen molar-refractivity contribution in [1.29, 1.82) is 0 Å². The molecule has 0 radical (unpaired) electrons. The van der Waals surface area contributed by atoms with Crippen molar-refractivity contribution >= 4 is 5.91 Å². The van der Waals surface area contributed by atoms with Crippen LogP contribution in [0.25, 0.3) is 0 Å². The molecular weight excluding hydrogens is 306 g/mol. The summed E-state index contributed by atoms with van der Waals surface area (Å²) in [4.78, 5) is 22.3. The van der Waals surface area contributed by atoms with Gasteiger partial charge in [-0.3, -0.25) is 4.79 Å². The number of para-hydroxylation sites is 1. The monoisotopic (exact) mass is 327 g/mol. The maximum atomic E-state index is 12.6. The topological polar surface area (TPSA) is 64.6 Å². The molecule has 126 valence electrons. The van der Waals surface area contributed by atoms with Crippen molar-refractivity contribution in [2.24, 2.45) is 0 Å². The first-order valence-electron chi connectivity index (χ1n) is 8.00. The Morgan fingerprint density at radius 3 is 2.71 bits per heavy atom. The van der Waals surface area contributed by atoms with Crippen molar-refractivity contribution in [3.05, 3.63) is 54.6 Å². The summed E-state index contributed by atoms with van der Waals surface area (Å²) in [6, 6.07) is 9.64. The number of carbonyl (C=O) groups excluding carboxylic acids is 1. The van der Waals surface area contributed by atoms with Gasteiger partial charge in [0, 0.05) is 26.0 Å². The van der Waals surface area contributed by atoms with Gasteiger partial charge in [-0.1, -0.05) is 18.2 Å². The highest BCUT2D eigenvalue weighted by Gasteiger charge is 2.38. The van der Waals surface area contributed by atoms with Gasteiger partial charge in [0.15, 0.2) is 0 Å². The molecule has 0 N–H and O–H groups in total. The third kappa shape index (κ3) is 3.71. The van der Waals surface area contributed by atoms with Crippen LogP contribution in [0, 0.1) is 0 Å². The summed E-state index contributed by atoms with van der Waals surface area (Å²) in [6.07, 6.45) is 6.22. The lowest BCUT2D eigenvalue weighted by Crippen LogP contribution is -2.54. The number of hydrogen-bond acceptors (Lipinski definition) is 5. The third-order valence-corrected chi connectivity index (χ3v) is 4.31. The van der Waals surface area contributed by atoms with Gasteiger partial charge in [0.05, 0.1) is 12.1 Å². The van der Waals surface area contributed by atoms with Crippen molar-refractivity contribution in [3.63, 3.8) is 0 Å². The average molecular weight is 327 g/mol. The van der Waals surface area contributed by atoms with Gasteiger partial charge in [0.1, 0.15) is 24.3 Å². The highest BCUT2D eigenvalue weighted by Crippen LogP contribution is 2.27. The van der Waals surface area contributed by atoms with Crippen molar-refractivity contribution in [2.75, 3.05) is 26.8 Å². The van der Waals surface area contributed by atoms with Crippen LogP contribution in [0.15, 0.2) is 49.1 Å². The number of aromatic nitrogens is 2. The summed E-state index contributed by atoms with van der Waals surface area (Å²) in [6.45, 7) is 1.59. The van der Waals surface area contributed by atoms with Gasteiger partial charge in [-0.05, 0) is 25.0 Å². The molecule has 24 heavy (non-hydrogen) atoms. The smallest absolute Gasteiger partial charge is 0.257 e. The summed E-state index contributed by atoms with van der Waals surface area (Å²) in [5.41, 5.74) is -0.00674. The first-order valence-corrected chi connectivity index (χ1v) is 8.00. The van der Waals surface area contributed by atoms with Crippen LogP contribution in [-0.4, -0.2) is 53.2 Å². The van der Waals surface area contributed by atoms with Crippen LogP contribution in [0.4, 0.5) is 0 Å². The molecule has 2 aromatic rings. The zero-order valence-corrected chi connectivity index (χ0v) is 13.7. The lowest BCUT2D eigenvalue weighted by molar-refractivity contribution is -0.0825. The first kappa shape index (κ1) is 16.4. The van der Waals surface area contributed by atoms with E-state index in [2.05, 4.69) is 9.97 Å². The molecule has 1 atom stereocenters. The van der Waals surface area contributed by atoms with Gasteiger partial charge in [0.2, 0.25) is 0 Å². The minimum atomic E-state index is -0.501. The summed E-state index contributed by atoms with van der Waals surface area (Å²) in [7, 11) is 1.67. The number of rotatable bonds is 5. The number of likely N-dealkylation sites (tertiary alicyclic amines) is 1. The zero-order valence-electron chi connectivity index (χ0n) is 13.7. The van der Waals surface area contributed by atoms with Crippen LogP contribution in [0.2, 0.25) is 0 Å². The van der Waals surface area contributed by atoms with Crippen molar-refractivity contribution < 1.29 is 14.3 Å². The molecule has 2 heterocycles. The number of nitrogens with zero attached hydrogens (tertiary/aromatic N) is 3. The predicted molar refractivity (Wildman–Crippen MR) is 88.8 cm³/mol. The van der Waals surface area contributed by atoms with E-state index < -0.39 is 5.60 Å². The van der Waals surface area contributed by atoms with Gasteiger partial charge in [0.25, 0.3) is 5.91 Å². The molecule has 1 saturated heterocycles. The minimum absolute atomic E-state index is 0.0727. The maximum absolute atomic E-state index is 12.6. The van der Waals surface area contributed by atoms with E-state index >= 15 is 0 Å². The van der Waals surface area contributed by atoms with Gasteiger partial charge in [-0.25, -0.2) is 9.97 Å². The average Bonchev–Trinajstić information content (AvgIpc) is 2.67. The second-order valence-electron chi connectivity index (χ2n) is 5.95. The predicted octanol–water partition coefficient (Wildman–Crippen LogP) is 2.18. The van der Waals surface area contributed by atoms with Crippen LogP contribution in [0.1, 0.15) is 23.2 Å². The summed E-state index contributed by atoms with van der Waals surface area (Å²) < 4.78 is 11.7. The Bertz CT molecular complexity index is 666. The Morgan fingerprint density at radius 2 is 2.00 bits per heavy atom. The quantitative estimate of drug-likeness (QED) is 0.842. The van der Waals surface area contributed by atoms with Crippen molar-refractivity contribution in [3.8, 4) is 5.75 Å². The molecule has 1 fully saturated rings. The van der Waals surface area contributed by atoms with Crippen LogP contribution in [0.3, 0.4) is 0 Å². The number of amides is 1. The molecule has 1 unspecified atom stereocenters. The molecule has 0 spiro atoms. The normalized spacial score (nSPS) is 20.6. The fraction of sp³-hybridized carbons (Fsp3) is 0.389. The van der Waals surface area contributed by atoms with E-state index in [0.29, 0.717) is 25.3 Å². The number of methoxy groups -OCH3 is 1. The van der Waals surface area contributed by atoms with Crippen LogP contribution >= 0.6 is 0 Å². The van der Waals surface area contributed by atoms with E-state index in [0.717, 1.165) is 18.6 Å². The Balaban J connectivity index is 1.68. The van der Waals surface area contributed by atoms with Gasteiger partial charge in [-0.15, -0.1) is 0 Å². The number of piperidine rings is 1. The van der Waals surface area contributed by atoms with Crippen molar-refractivity contribution in [2.45, 2.75) is 18.4 Å². The zero-order chi connectivity index (χ0) is 16.8. The van der Waals surface area contributed by atoms with E-state index in [1.54, 1.807) is 24.4 Å². The summed E-state index contributed by atoms with van der Waals surface area (Å²) in [5, 5.41) is 0. The molecule has 6 heteroatoms. The number of hydrogen-bond donors (Lipinski definition) is 0. The Hall–Kier alpha value is -2.47. The van der Waals surface area contributed by atoms with Gasteiger partial charge in [-0.2, -0.15) is 0 Å². The van der Waals surface area contributed by atoms with E-state index in [4.69, 9.17) is 9.47 Å². The molecule has 1 amide bonds. The van der Waals surface area contributed by atoms with Crippen LogP contribution in [0.5, 0.6) is 5.75 Å². The van der Waals surface area contributed by atoms with Crippen LogP contribution < -0.4 is 4.74 Å². The molecule has 0 aliphatic carbocycles. The molecule has 1 aliphatic rings. The summed E-state index contributed by atoms with van der Waals surface area (Å²) in [5.74, 6) is 0.727. The lowest BCUT2D eigenvalue weighted by atomic mass is 9.93. The van der Waals surface area contributed by atoms with E-state index in [9.17, 15) is 4.79 Å². The van der Waals surface area contributed by atoms with Crippen LogP contribution in [-0.2, 0) is 4.74 Å². The van der Waals surface area contributed by atoms with E-state index in [1.807, 2.05) is 30.3 Å². The molecule has 0 bridgehead atoms. The SMILES string of the molecule is COC1(COc2ccccc2)CCCN(C(=O)c2cncnc2)C1. The summed E-state index contributed by atoms with van der Waals surface area (Å²) >= 11 is 0. The second kappa shape index (κ2) is 7.40. The highest BCUT2D eigenvalue weighted by molar-refractivity contribution is 5.93. The fourth-order valence-electron chi connectivity index (χ4n) is 2.94. The Labute approximate surface area is 141 Å². The van der Waals surface area contributed by atoms with E-state index in [-0.39, 0.29) is 5.91 Å². The molecule has 1 aromatic carbocycles. The first-order chi connectivity index (χ1) is 11.7. The largest absolute Gasteiger partial charge is 0.491 e. The second-order valence-corrected chi connectivity index (χ2v) is 5.95. The number of ether oxygens (including phenoxy) is 2. The third-order valence-electron chi connectivity index (χ3n) is 4.31. The van der Waals surface area contributed by atoms with Crippen molar-refractivity contribution in [1.82, 2.24) is 14.9 Å². The molecule has 0 saturated carbocycles. The number of carbonyl (C=O) groups is 1. The molecule has 3 rings (SSSR count). The van der Waals surface area contributed by atoms with Gasteiger partial charge < -0.3 is 14.4 Å². The fourth-order valence-corrected chi connectivity index (χ4v) is 2.94. The lowest BCUT2D eigenvalue weighted by Gasteiger charge is -2.41. The number of benzene rings is 1. The van der Waals surface area contributed by atoms with E-state index in [1.165, 1.54) is 6.33 Å². The highest BCUT2D eigenvalue weighted by atomic mass is 16.5. The van der Waals surface area contributed by atoms with Gasteiger partial charge >= 0.3 is 0 Å².